The fraction of sp³-hybridized carbons (Fsp3) is 0.333. The highest BCUT2D eigenvalue weighted by Crippen LogP contribution is 2.31. The van der Waals surface area contributed by atoms with Gasteiger partial charge >= 0.3 is 0 Å². The maximum Gasteiger partial charge on any atom is 0.0350 e. The van der Waals surface area contributed by atoms with Gasteiger partial charge in [-0.25, -0.2) is 0 Å². The molecule has 0 saturated carbocycles. The van der Waals surface area contributed by atoms with Gasteiger partial charge in [-0.3, -0.25) is 0 Å². The van der Waals surface area contributed by atoms with Crippen molar-refractivity contribution in [3.05, 3.63) is 20.8 Å². The van der Waals surface area contributed by atoms with Gasteiger partial charge in [0.05, 0.1) is 0 Å². The third kappa shape index (κ3) is 1.91. The zero-order valence-corrected chi connectivity index (χ0v) is 9.46. The molecule has 0 radical (unpaired) electrons. The quantitative estimate of drug-likeness (QED) is 0.542. The minimum atomic E-state index is 0.614. The van der Waals surface area contributed by atoms with Crippen LogP contribution in [0.4, 0.5) is 0 Å². The second kappa shape index (κ2) is 3.34. The van der Waals surface area contributed by atoms with Crippen molar-refractivity contribution in [1.82, 2.24) is 0 Å². The first-order valence-corrected chi connectivity index (χ1v) is 5.55. The molecule has 0 nitrogen and oxygen atoms in total. The summed E-state index contributed by atoms with van der Waals surface area (Å²) in [6.07, 6.45) is 0. The minimum absolute atomic E-state index is 0.614. The normalized spacial score (nSPS) is 13.7. The molecule has 1 heterocycles. The van der Waals surface area contributed by atoms with Gasteiger partial charge in [-0.2, -0.15) is 11.3 Å². The second-order valence-electron chi connectivity index (χ2n) is 1.79. The minimum Gasteiger partial charge on any atom is -0.151 e. The molecule has 3 heteroatoms. The molecule has 0 saturated heterocycles. The molecule has 9 heavy (non-hydrogen) atoms. The number of thiophene rings is 1. The highest BCUT2D eigenvalue weighted by Gasteiger charge is 2.04. The number of halogens is 2. The molecule has 0 aliphatic rings. The Morgan fingerprint density at radius 2 is 2.33 bits per heavy atom. The van der Waals surface area contributed by atoms with Gasteiger partial charge in [-0.05, 0) is 33.8 Å². The van der Waals surface area contributed by atoms with Gasteiger partial charge in [0.15, 0.2) is 0 Å². The Balaban J connectivity index is 2.94. The third-order valence-corrected chi connectivity index (χ3v) is 3.49. The van der Waals surface area contributed by atoms with Gasteiger partial charge in [0.2, 0.25) is 0 Å². The summed E-state index contributed by atoms with van der Waals surface area (Å²) in [5.74, 6) is 0. The SMILES string of the molecule is CC(I)c1cscc1Br. The topological polar surface area (TPSA) is 0 Å². The Hall–Kier alpha value is 0.910. The number of rotatable bonds is 1. The van der Waals surface area contributed by atoms with E-state index in [0.717, 1.165) is 0 Å². The molecular weight excluding hydrogens is 311 g/mol. The molecule has 0 aliphatic heterocycles. The number of hydrogen-bond acceptors (Lipinski definition) is 1. The van der Waals surface area contributed by atoms with Crippen LogP contribution in [-0.4, -0.2) is 0 Å². The monoisotopic (exact) mass is 316 g/mol. The molecule has 50 valence electrons. The first-order chi connectivity index (χ1) is 4.22. The zero-order chi connectivity index (χ0) is 6.85. The van der Waals surface area contributed by atoms with Crippen molar-refractivity contribution < 1.29 is 0 Å². The molecule has 1 aromatic rings. The van der Waals surface area contributed by atoms with Gasteiger partial charge in [0.25, 0.3) is 0 Å². The van der Waals surface area contributed by atoms with Crippen LogP contribution in [0.15, 0.2) is 15.2 Å². The van der Waals surface area contributed by atoms with Gasteiger partial charge in [0.1, 0.15) is 0 Å². The van der Waals surface area contributed by atoms with Gasteiger partial charge in [0, 0.05) is 13.8 Å². The van der Waals surface area contributed by atoms with E-state index in [1.807, 2.05) is 0 Å². The molecule has 0 fully saturated rings. The summed E-state index contributed by atoms with van der Waals surface area (Å²) in [6.45, 7) is 2.19. The molecule has 0 aromatic carbocycles. The molecule has 0 amide bonds. The van der Waals surface area contributed by atoms with Crippen LogP contribution in [0.25, 0.3) is 0 Å². The van der Waals surface area contributed by atoms with Crippen LogP contribution in [0.1, 0.15) is 16.4 Å². The maximum absolute atomic E-state index is 3.47. The highest BCUT2D eigenvalue weighted by molar-refractivity contribution is 14.1. The fourth-order valence-electron chi connectivity index (χ4n) is 0.575. The molecule has 0 spiro atoms. The lowest BCUT2D eigenvalue weighted by molar-refractivity contribution is 1.15. The number of hydrogen-bond donors (Lipinski definition) is 0. The van der Waals surface area contributed by atoms with E-state index in [9.17, 15) is 0 Å². The van der Waals surface area contributed by atoms with Crippen LogP contribution in [-0.2, 0) is 0 Å². The summed E-state index contributed by atoms with van der Waals surface area (Å²) in [7, 11) is 0. The average Bonchev–Trinajstić information content (AvgIpc) is 2.13. The van der Waals surface area contributed by atoms with Crippen molar-refractivity contribution >= 4 is 49.9 Å². The first-order valence-electron chi connectivity index (χ1n) is 2.57. The van der Waals surface area contributed by atoms with Crippen LogP contribution in [0.5, 0.6) is 0 Å². The van der Waals surface area contributed by atoms with E-state index in [1.54, 1.807) is 11.3 Å². The van der Waals surface area contributed by atoms with E-state index >= 15 is 0 Å². The lowest BCUT2D eigenvalue weighted by Crippen LogP contribution is -1.77. The molecule has 1 atom stereocenters. The second-order valence-corrected chi connectivity index (χ2v) is 5.26. The predicted octanol–water partition coefficient (Wildman–Crippen LogP) is 4.01. The van der Waals surface area contributed by atoms with Gasteiger partial charge < -0.3 is 0 Å². The van der Waals surface area contributed by atoms with E-state index in [2.05, 4.69) is 56.2 Å². The smallest absolute Gasteiger partial charge is 0.0350 e. The van der Waals surface area contributed by atoms with E-state index in [4.69, 9.17) is 0 Å². The van der Waals surface area contributed by atoms with Crippen molar-refractivity contribution in [2.45, 2.75) is 10.8 Å². The van der Waals surface area contributed by atoms with Crippen LogP contribution < -0.4 is 0 Å². The largest absolute Gasteiger partial charge is 0.151 e. The van der Waals surface area contributed by atoms with Crippen molar-refractivity contribution in [2.75, 3.05) is 0 Å². The Morgan fingerprint density at radius 3 is 2.56 bits per heavy atom. The van der Waals surface area contributed by atoms with Crippen LogP contribution in [0.2, 0.25) is 0 Å². The molecule has 0 aliphatic carbocycles. The molecule has 0 bridgehead atoms. The lowest BCUT2D eigenvalue weighted by atomic mass is 10.3. The van der Waals surface area contributed by atoms with E-state index in [0.29, 0.717) is 3.92 Å². The van der Waals surface area contributed by atoms with Crippen LogP contribution in [0.3, 0.4) is 0 Å². The predicted molar refractivity (Wildman–Crippen MR) is 54.5 cm³/mol. The molecule has 1 aromatic heterocycles. The van der Waals surface area contributed by atoms with Crippen LogP contribution in [0, 0.1) is 0 Å². The average molecular weight is 317 g/mol. The Morgan fingerprint density at radius 1 is 1.67 bits per heavy atom. The van der Waals surface area contributed by atoms with Crippen LogP contribution >= 0.6 is 49.9 Å². The van der Waals surface area contributed by atoms with Gasteiger partial charge in [-0.15, -0.1) is 0 Å². The molecule has 1 unspecified atom stereocenters. The highest BCUT2D eigenvalue weighted by atomic mass is 127. The van der Waals surface area contributed by atoms with Crippen molar-refractivity contribution in [1.29, 1.82) is 0 Å². The first kappa shape index (κ1) is 8.01. The standard InChI is InChI=1S/C6H6BrIS/c1-4(8)5-2-9-3-6(5)7/h2-4H,1H3. The van der Waals surface area contributed by atoms with E-state index < -0.39 is 0 Å². The third-order valence-electron chi connectivity index (χ3n) is 1.07. The molecular formula is C6H6BrIS. The Kier molecular flexibility index (Phi) is 2.98. The molecule has 0 N–H and O–H groups in total. The Labute approximate surface area is 80.9 Å². The summed E-state index contributed by atoms with van der Waals surface area (Å²) >= 11 is 7.62. The van der Waals surface area contributed by atoms with E-state index in [1.165, 1.54) is 10.0 Å². The summed E-state index contributed by atoms with van der Waals surface area (Å²) in [5.41, 5.74) is 1.40. The number of alkyl halides is 1. The summed E-state index contributed by atoms with van der Waals surface area (Å²) in [6, 6.07) is 0. The zero-order valence-electron chi connectivity index (χ0n) is 4.90. The van der Waals surface area contributed by atoms with Crippen molar-refractivity contribution in [3.8, 4) is 0 Å². The van der Waals surface area contributed by atoms with Crippen molar-refractivity contribution in [2.24, 2.45) is 0 Å². The summed E-state index contributed by atoms with van der Waals surface area (Å²) in [4.78, 5) is 0. The molecule has 1 rings (SSSR count). The summed E-state index contributed by atoms with van der Waals surface area (Å²) in [5, 5.41) is 4.30. The summed E-state index contributed by atoms with van der Waals surface area (Å²) < 4.78 is 1.86. The lowest BCUT2D eigenvalue weighted by Gasteiger charge is -1.97. The van der Waals surface area contributed by atoms with Crippen molar-refractivity contribution in [3.63, 3.8) is 0 Å². The fourth-order valence-corrected chi connectivity index (χ4v) is 3.50. The maximum atomic E-state index is 3.47. The Bertz CT molecular complexity index is 195. The van der Waals surface area contributed by atoms with Gasteiger partial charge in [-0.1, -0.05) is 22.6 Å². The van der Waals surface area contributed by atoms with E-state index in [-0.39, 0.29) is 0 Å².